The van der Waals surface area contributed by atoms with Crippen molar-refractivity contribution in [1.29, 1.82) is 0 Å². The van der Waals surface area contributed by atoms with Gasteiger partial charge in [-0.05, 0) is 24.3 Å². The lowest BCUT2D eigenvalue weighted by Gasteiger charge is -2.23. The molecule has 0 spiro atoms. The number of carbonyl (C=O) groups is 1. The summed E-state index contributed by atoms with van der Waals surface area (Å²) in [5.41, 5.74) is 6.73. The number of hydrogen-bond donors (Lipinski definition) is 2. The molecule has 1 aromatic rings. The Balaban J connectivity index is 2.56. The fraction of sp³-hybridized carbons (Fsp3) is 0.308. The van der Waals surface area contributed by atoms with Crippen LogP contribution < -0.4 is 10.9 Å². The van der Waals surface area contributed by atoms with E-state index in [9.17, 15) is 4.79 Å². The van der Waals surface area contributed by atoms with Crippen LogP contribution in [0.5, 0.6) is 0 Å². The van der Waals surface area contributed by atoms with Gasteiger partial charge in [0, 0.05) is 21.1 Å². The Kier molecular flexibility index (Phi) is 4.34. The highest BCUT2D eigenvalue weighted by Gasteiger charge is 2.15. The molecule has 2 N–H and O–H groups in total. The van der Waals surface area contributed by atoms with Gasteiger partial charge in [0.25, 0.3) is 5.91 Å². The van der Waals surface area contributed by atoms with Crippen molar-refractivity contribution < 1.29 is 4.79 Å². The molecule has 0 unspecified atom stereocenters. The second-order valence-corrected chi connectivity index (χ2v) is 5.73. The third-order valence-electron chi connectivity index (χ3n) is 2.34. The first-order chi connectivity index (χ1) is 7.80. The van der Waals surface area contributed by atoms with Crippen molar-refractivity contribution in [3.8, 4) is 0 Å². The normalized spacial score (nSPS) is 10.8. The summed E-state index contributed by atoms with van der Waals surface area (Å²) in [6, 6.07) is 7.16. The molecule has 1 amide bonds. The van der Waals surface area contributed by atoms with Crippen molar-refractivity contribution >= 4 is 21.8 Å². The number of halogens is 1. The molecule has 0 saturated carbocycles. The van der Waals surface area contributed by atoms with Crippen molar-refractivity contribution in [3.63, 3.8) is 0 Å². The second-order valence-electron chi connectivity index (χ2n) is 4.81. The van der Waals surface area contributed by atoms with Gasteiger partial charge in [-0.1, -0.05) is 43.3 Å². The first kappa shape index (κ1) is 13.8. The van der Waals surface area contributed by atoms with Gasteiger partial charge in [0.05, 0.1) is 0 Å². The lowest BCUT2D eigenvalue weighted by atomic mass is 9.93. The van der Waals surface area contributed by atoms with Crippen LogP contribution >= 0.6 is 15.9 Å². The van der Waals surface area contributed by atoms with E-state index in [0.717, 1.165) is 10.2 Å². The maximum absolute atomic E-state index is 11.8. The van der Waals surface area contributed by atoms with Gasteiger partial charge < -0.3 is 5.43 Å². The summed E-state index contributed by atoms with van der Waals surface area (Å²) in [5.74, 6) is -0.178. The fourth-order valence-electron chi connectivity index (χ4n) is 0.993. The van der Waals surface area contributed by atoms with Crippen molar-refractivity contribution in [1.82, 2.24) is 10.9 Å². The largest absolute Gasteiger partial charge is 0.303 e. The third kappa shape index (κ3) is 4.23. The van der Waals surface area contributed by atoms with Crippen LogP contribution in [-0.2, 0) is 0 Å². The van der Waals surface area contributed by atoms with E-state index in [1.807, 2.05) is 32.9 Å². The molecule has 92 valence electrons. The minimum atomic E-state index is -0.178. The predicted molar refractivity (Wildman–Crippen MR) is 73.3 cm³/mol. The Morgan fingerprint density at radius 2 is 1.71 bits per heavy atom. The molecule has 0 aliphatic carbocycles. The molecule has 0 bridgehead atoms. The molecule has 3 nitrogen and oxygen atoms in total. The zero-order valence-corrected chi connectivity index (χ0v) is 11.9. The van der Waals surface area contributed by atoms with Crippen LogP contribution in [0.3, 0.4) is 0 Å². The van der Waals surface area contributed by atoms with Crippen molar-refractivity contribution in [2.75, 3.05) is 0 Å². The molecule has 0 aliphatic rings. The van der Waals surface area contributed by atoms with E-state index in [-0.39, 0.29) is 11.3 Å². The lowest BCUT2D eigenvalue weighted by molar-refractivity contribution is 0.0935. The number of carbonyl (C=O) groups excluding carboxylic acids is 1. The number of hydrogen-bond acceptors (Lipinski definition) is 2. The zero-order chi connectivity index (χ0) is 13.1. The van der Waals surface area contributed by atoms with E-state index in [2.05, 4.69) is 33.4 Å². The number of hydrazine groups is 1. The van der Waals surface area contributed by atoms with Crippen LogP contribution in [0.1, 0.15) is 31.1 Å². The average molecular weight is 297 g/mol. The van der Waals surface area contributed by atoms with E-state index in [4.69, 9.17) is 0 Å². The van der Waals surface area contributed by atoms with Crippen LogP contribution in [0.25, 0.3) is 0 Å². The summed E-state index contributed by atoms with van der Waals surface area (Å²) >= 11 is 3.32. The average Bonchev–Trinajstić information content (AvgIpc) is 2.25. The molecule has 17 heavy (non-hydrogen) atoms. The van der Waals surface area contributed by atoms with E-state index in [0.29, 0.717) is 5.56 Å². The van der Waals surface area contributed by atoms with E-state index in [1.165, 1.54) is 0 Å². The summed E-state index contributed by atoms with van der Waals surface area (Å²) in [6.45, 7) is 9.94. The van der Waals surface area contributed by atoms with Crippen molar-refractivity contribution in [2.24, 2.45) is 5.41 Å². The van der Waals surface area contributed by atoms with Gasteiger partial charge in [-0.25, -0.2) is 0 Å². The number of nitrogens with one attached hydrogen (secondary N) is 2. The number of amides is 1. The van der Waals surface area contributed by atoms with Crippen LogP contribution in [-0.4, -0.2) is 5.91 Å². The maximum atomic E-state index is 11.8. The Morgan fingerprint density at radius 1 is 1.18 bits per heavy atom. The molecule has 0 aliphatic heterocycles. The zero-order valence-electron chi connectivity index (χ0n) is 10.3. The topological polar surface area (TPSA) is 41.1 Å². The fourth-order valence-corrected chi connectivity index (χ4v) is 1.26. The van der Waals surface area contributed by atoms with E-state index >= 15 is 0 Å². The molecule has 0 saturated heterocycles. The van der Waals surface area contributed by atoms with Crippen molar-refractivity contribution in [3.05, 3.63) is 46.6 Å². The van der Waals surface area contributed by atoms with E-state index < -0.39 is 0 Å². The van der Waals surface area contributed by atoms with Crippen LogP contribution in [0.15, 0.2) is 41.0 Å². The Bertz CT molecular complexity index is 418. The van der Waals surface area contributed by atoms with Gasteiger partial charge in [-0.15, -0.1) is 0 Å². The van der Waals surface area contributed by atoms with Crippen LogP contribution in [0, 0.1) is 5.41 Å². The first-order valence-electron chi connectivity index (χ1n) is 5.32. The van der Waals surface area contributed by atoms with Crippen molar-refractivity contribution in [2.45, 2.75) is 20.8 Å². The molecule has 0 radical (unpaired) electrons. The van der Waals surface area contributed by atoms with Crippen LogP contribution in [0.2, 0.25) is 0 Å². The summed E-state index contributed by atoms with van der Waals surface area (Å²) in [5, 5.41) is 0. The van der Waals surface area contributed by atoms with Gasteiger partial charge in [0.2, 0.25) is 0 Å². The van der Waals surface area contributed by atoms with Gasteiger partial charge in [0.1, 0.15) is 0 Å². The third-order valence-corrected chi connectivity index (χ3v) is 2.87. The molecule has 0 atom stereocenters. The summed E-state index contributed by atoms with van der Waals surface area (Å²) < 4.78 is 0.945. The molecule has 4 heteroatoms. The van der Waals surface area contributed by atoms with Crippen LogP contribution in [0.4, 0.5) is 0 Å². The highest BCUT2D eigenvalue weighted by Crippen LogP contribution is 2.20. The summed E-state index contributed by atoms with van der Waals surface area (Å²) in [4.78, 5) is 11.8. The number of rotatable bonds is 3. The molecular weight excluding hydrogens is 280 g/mol. The molecule has 0 heterocycles. The Hall–Kier alpha value is -1.29. The SMILES string of the molecule is C=C(NNC(=O)c1ccc(Br)cc1)C(C)(C)C. The van der Waals surface area contributed by atoms with Gasteiger partial charge in [0.15, 0.2) is 0 Å². The molecule has 1 aromatic carbocycles. The molecule has 1 rings (SSSR count). The minimum Gasteiger partial charge on any atom is -0.303 e. The van der Waals surface area contributed by atoms with Gasteiger partial charge >= 0.3 is 0 Å². The molecule has 0 aromatic heterocycles. The number of benzene rings is 1. The summed E-state index contributed by atoms with van der Waals surface area (Å²) in [7, 11) is 0. The quantitative estimate of drug-likeness (QED) is 0.841. The van der Waals surface area contributed by atoms with Gasteiger partial charge in [-0.2, -0.15) is 0 Å². The smallest absolute Gasteiger partial charge is 0.269 e. The Labute approximate surface area is 110 Å². The summed E-state index contributed by atoms with van der Waals surface area (Å²) in [6.07, 6.45) is 0. The highest BCUT2D eigenvalue weighted by atomic mass is 79.9. The van der Waals surface area contributed by atoms with Gasteiger partial charge in [-0.3, -0.25) is 10.2 Å². The Morgan fingerprint density at radius 3 is 2.18 bits per heavy atom. The molecular formula is C13H17BrN2O. The second kappa shape index (κ2) is 5.36. The lowest BCUT2D eigenvalue weighted by Crippen LogP contribution is -2.39. The van der Waals surface area contributed by atoms with E-state index in [1.54, 1.807) is 12.1 Å². The number of allylic oxidation sites excluding steroid dienone is 1. The monoisotopic (exact) mass is 296 g/mol. The molecule has 0 fully saturated rings. The highest BCUT2D eigenvalue weighted by molar-refractivity contribution is 9.10. The minimum absolute atomic E-state index is 0.0903. The predicted octanol–water partition coefficient (Wildman–Crippen LogP) is 3.24. The maximum Gasteiger partial charge on any atom is 0.269 e. The first-order valence-corrected chi connectivity index (χ1v) is 6.11. The standard InChI is InChI=1S/C13H17BrN2O/c1-9(13(2,3)4)15-16-12(17)10-5-7-11(14)8-6-10/h5-8,15H,1H2,2-4H3,(H,16,17).